The number of halogens is 1. The first kappa shape index (κ1) is 11.6. The van der Waals surface area contributed by atoms with Crippen molar-refractivity contribution < 1.29 is 4.74 Å². The highest BCUT2D eigenvalue weighted by molar-refractivity contribution is 6.21. The third-order valence-corrected chi connectivity index (χ3v) is 3.66. The summed E-state index contributed by atoms with van der Waals surface area (Å²) >= 11 is 5.94. The number of hydrogen-bond acceptors (Lipinski definition) is 1. The molecule has 1 saturated carbocycles. The Labute approximate surface area is 112 Å². The molecule has 1 aliphatic rings. The van der Waals surface area contributed by atoms with Crippen LogP contribution in [0.3, 0.4) is 0 Å². The fourth-order valence-electron chi connectivity index (χ4n) is 2.15. The second-order valence-corrected chi connectivity index (χ2v) is 5.32. The highest BCUT2D eigenvalue weighted by Gasteiger charge is 2.28. The van der Waals surface area contributed by atoms with Crippen molar-refractivity contribution in [2.75, 3.05) is 0 Å². The molecule has 0 aromatic heterocycles. The van der Waals surface area contributed by atoms with Gasteiger partial charge in [-0.1, -0.05) is 42.5 Å². The number of alkyl halides is 1. The van der Waals surface area contributed by atoms with Gasteiger partial charge in [-0.2, -0.15) is 0 Å². The van der Waals surface area contributed by atoms with Crippen LogP contribution in [0.25, 0.3) is 11.1 Å². The van der Waals surface area contributed by atoms with Gasteiger partial charge in [0.1, 0.15) is 11.9 Å². The molecular weight excluding hydrogens is 244 g/mol. The second kappa shape index (κ2) is 5.03. The lowest BCUT2D eigenvalue weighted by Crippen LogP contribution is -2.34. The van der Waals surface area contributed by atoms with Crippen molar-refractivity contribution in [3.63, 3.8) is 0 Å². The zero-order valence-electron chi connectivity index (χ0n) is 10.1. The minimum Gasteiger partial charge on any atom is -0.490 e. The summed E-state index contributed by atoms with van der Waals surface area (Å²) in [6.07, 6.45) is 2.22. The van der Waals surface area contributed by atoms with Crippen molar-refractivity contribution in [3.8, 4) is 16.9 Å². The summed E-state index contributed by atoms with van der Waals surface area (Å²) in [6, 6.07) is 18.6. The van der Waals surface area contributed by atoms with Crippen LogP contribution >= 0.6 is 11.6 Å². The smallest absolute Gasteiger partial charge is 0.119 e. The molecule has 0 radical (unpaired) electrons. The summed E-state index contributed by atoms with van der Waals surface area (Å²) in [4.78, 5) is 0. The van der Waals surface area contributed by atoms with Gasteiger partial charge in [-0.05, 0) is 23.3 Å². The average Bonchev–Trinajstić information content (AvgIpc) is 2.39. The van der Waals surface area contributed by atoms with E-state index >= 15 is 0 Å². The molecular formula is C16H15ClO. The largest absolute Gasteiger partial charge is 0.490 e. The van der Waals surface area contributed by atoms with E-state index in [2.05, 4.69) is 36.4 Å². The third-order valence-electron chi connectivity index (χ3n) is 3.30. The Morgan fingerprint density at radius 2 is 1.44 bits per heavy atom. The zero-order valence-corrected chi connectivity index (χ0v) is 10.8. The van der Waals surface area contributed by atoms with Gasteiger partial charge >= 0.3 is 0 Å². The summed E-state index contributed by atoms with van der Waals surface area (Å²) in [7, 11) is 0. The molecule has 0 bridgehead atoms. The minimum absolute atomic E-state index is 0.301. The normalized spacial score (nSPS) is 22.3. The van der Waals surface area contributed by atoms with Gasteiger partial charge in [-0.15, -0.1) is 11.6 Å². The van der Waals surface area contributed by atoms with Gasteiger partial charge in [0.25, 0.3) is 0 Å². The predicted molar refractivity (Wildman–Crippen MR) is 75.2 cm³/mol. The summed E-state index contributed by atoms with van der Waals surface area (Å²) in [5.41, 5.74) is 2.44. The molecule has 2 aromatic rings. The number of benzene rings is 2. The van der Waals surface area contributed by atoms with E-state index in [-0.39, 0.29) is 0 Å². The maximum absolute atomic E-state index is 5.94. The predicted octanol–water partition coefficient (Wildman–Crippen LogP) is 4.50. The molecule has 0 unspecified atom stereocenters. The molecule has 0 atom stereocenters. The number of rotatable bonds is 3. The first-order chi connectivity index (χ1) is 8.81. The molecule has 2 heteroatoms. The monoisotopic (exact) mass is 258 g/mol. The van der Waals surface area contributed by atoms with Gasteiger partial charge in [0, 0.05) is 18.2 Å². The van der Waals surface area contributed by atoms with Crippen molar-refractivity contribution >= 4 is 11.6 Å². The summed E-state index contributed by atoms with van der Waals surface area (Å²) in [5.74, 6) is 0.934. The van der Waals surface area contributed by atoms with E-state index in [4.69, 9.17) is 16.3 Å². The topological polar surface area (TPSA) is 9.23 Å². The molecule has 92 valence electrons. The van der Waals surface area contributed by atoms with E-state index in [9.17, 15) is 0 Å². The van der Waals surface area contributed by atoms with E-state index < -0.39 is 0 Å². The standard InChI is InChI=1S/C16H15ClO/c17-14-10-16(11-14)18-15-8-6-13(7-9-15)12-4-2-1-3-5-12/h1-9,14,16H,10-11H2. The molecule has 0 aliphatic heterocycles. The van der Waals surface area contributed by atoms with Crippen LogP contribution in [-0.2, 0) is 0 Å². The number of ether oxygens (including phenoxy) is 1. The minimum atomic E-state index is 0.301. The van der Waals surface area contributed by atoms with Gasteiger partial charge in [-0.25, -0.2) is 0 Å². The van der Waals surface area contributed by atoms with Gasteiger partial charge < -0.3 is 4.74 Å². The van der Waals surface area contributed by atoms with Crippen LogP contribution in [0.2, 0.25) is 0 Å². The number of hydrogen-bond donors (Lipinski definition) is 0. The van der Waals surface area contributed by atoms with Crippen LogP contribution in [-0.4, -0.2) is 11.5 Å². The lowest BCUT2D eigenvalue weighted by Gasteiger charge is -2.31. The molecule has 18 heavy (non-hydrogen) atoms. The Kier molecular flexibility index (Phi) is 3.24. The maximum Gasteiger partial charge on any atom is 0.119 e. The van der Waals surface area contributed by atoms with Crippen LogP contribution < -0.4 is 4.74 Å². The summed E-state index contributed by atoms with van der Waals surface area (Å²) < 4.78 is 5.83. The third kappa shape index (κ3) is 2.51. The molecule has 0 N–H and O–H groups in total. The van der Waals surface area contributed by atoms with E-state index in [1.807, 2.05) is 18.2 Å². The molecule has 1 aliphatic carbocycles. The quantitative estimate of drug-likeness (QED) is 0.737. The fraction of sp³-hybridized carbons (Fsp3) is 0.250. The Bertz CT molecular complexity index is 500. The lowest BCUT2D eigenvalue weighted by molar-refractivity contribution is 0.124. The SMILES string of the molecule is ClC1CC(Oc2ccc(-c3ccccc3)cc2)C1. The Balaban J connectivity index is 1.69. The van der Waals surface area contributed by atoms with Crippen LogP contribution in [0.4, 0.5) is 0 Å². The first-order valence-corrected chi connectivity index (χ1v) is 6.71. The van der Waals surface area contributed by atoms with Crippen LogP contribution in [0.1, 0.15) is 12.8 Å². The van der Waals surface area contributed by atoms with Crippen molar-refractivity contribution in [1.82, 2.24) is 0 Å². The van der Waals surface area contributed by atoms with Gasteiger partial charge in [0.2, 0.25) is 0 Å². The van der Waals surface area contributed by atoms with E-state index in [0.717, 1.165) is 18.6 Å². The molecule has 0 spiro atoms. The van der Waals surface area contributed by atoms with Gasteiger partial charge in [0.15, 0.2) is 0 Å². The van der Waals surface area contributed by atoms with Crippen molar-refractivity contribution in [1.29, 1.82) is 0 Å². The van der Waals surface area contributed by atoms with Crippen LogP contribution in [0.15, 0.2) is 54.6 Å². The fourth-order valence-corrected chi connectivity index (χ4v) is 2.54. The molecule has 0 amide bonds. The van der Waals surface area contributed by atoms with Gasteiger partial charge in [-0.3, -0.25) is 0 Å². The lowest BCUT2D eigenvalue weighted by atomic mass is 9.95. The van der Waals surface area contributed by atoms with E-state index in [0.29, 0.717) is 11.5 Å². The molecule has 0 saturated heterocycles. The van der Waals surface area contributed by atoms with Crippen LogP contribution in [0, 0.1) is 0 Å². The van der Waals surface area contributed by atoms with Gasteiger partial charge in [0.05, 0.1) is 0 Å². The molecule has 2 aromatic carbocycles. The van der Waals surface area contributed by atoms with Crippen molar-refractivity contribution in [2.24, 2.45) is 0 Å². The molecule has 3 rings (SSSR count). The maximum atomic E-state index is 5.94. The molecule has 0 heterocycles. The summed E-state index contributed by atoms with van der Waals surface area (Å²) in [5, 5.41) is 0.304. The Hall–Kier alpha value is -1.47. The highest BCUT2D eigenvalue weighted by atomic mass is 35.5. The van der Waals surface area contributed by atoms with E-state index in [1.54, 1.807) is 0 Å². The van der Waals surface area contributed by atoms with Crippen molar-refractivity contribution in [3.05, 3.63) is 54.6 Å². The van der Waals surface area contributed by atoms with Crippen LogP contribution in [0.5, 0.6) is 5.75 Å². The Morgan fingerprint density at radius 1 is 0.833 bits per heavy atom. The molecule has 1 nitrogen and oxygen atoms in total. The van der Waals surface area contributed by atoms with Crippen molar-refractivity contribution in [2.45, 2.75) is 24.3 Å². The zero-order chi connectivity index (χ0) is 12.4. The molecule has 1 fully saturated rings. The highest BCUT2D eigenvalue weighted by Crippen LogP contribution is 2.30. The second-order valence-electron chi connectivity index (χ2n) is 4.70. The summed E-state index contributed by atoms with van der Waals surface area (Å²) in [6.45, 7) is 0. The van der Waals surface area contributed by atoms with E-state index in [1.165, 1.54) is 11.1 Å². The Morgan fingerprint density at radius 3 is 2.06 bits per heavy atom. The average molecular weight is 259 g/mol. The first-order valence-electron chi connectivity index (χ1n) is 6.27.